The highest BCUT2D eigenvalue weighted by molar-refractivity contribution is 5.32. The fourth-order valence-corrected chi connectivity index (χ4v) is 2.65. The van der Waals surface area contributed by atoms with Gasteiger partial charge < -0.3 is 10.0 Å². The molecule has 0 aromatic heterocycles. The number of likely N-dealkylation sites (tertiary alicyclic amines) is 1. The standard InChI is InChI=1S/C15H23NO/c1-11-4-5-13(3)14(8-11)15(17)10-16-7-6-12(2)9-16/h4-5,8,12,15,17H,6-7,9-10H2,1-3H3. The first-order valence-corrected chi connectivity index (χ1v) is 6.54. The molecule has 2 heteroatoms. The first-order chi connectivity index (χ1) is 8.06. The predicted molar refractivity (Wildman–Crippen MR) is 71.1 cm³/mol. The van der Waals surface area contributed by atoms with Crippen molar-refractivity contribution in [1.82, 2.24) is 4.90 Å². The van der Waals surface area contributed by atoms with Gasteiger partial charge in [-0.2, -0.15) is 0 Å². The van der Waals surface area contributed by atoms with Crippen LogP contribution >= 0.6 is 0 Å². The lowest BCUT2D eigenvalue weighted by Gasteiger charge is -2.21. The van der Waals surface area contributed by atoms with Crippen molar-refractivity contribution in [1.29, 1.82) is 0 Å². The maximum absolute atomic E-state index is 10.3. The molecule has 0 amide bonds. The average molecular weight is 233 g/mol. The Morgan fingerprint density at radius 2 is 2.18 bits per heavy atom. The lowest BCUT2D eigenvalue weighted by atomic mass is 10.0. The van der Waals surface area contributed by atoms with Crippen LogP contribution in [0.4, 0.5) is 0 Å². The number of aliphatic hydroxyl groups excluding tert-OH is 1. The van der Waals surface area contributed by atoms with Crippen LogP contribution in [0, 0.1) is 19.8 Å². The maximum Gasteiger partial charge on any atom is 0.0919 e. The van der Waals surface area contributed by atoms with E-state index in [0.29, 0.717) is 0 Å². The van der Waals surface area contributed by atoms with Gasteiger partial charge in [0.15, 0.2) is 0 Å². The van der Waals surface area contributed by atoms with Crippen LogP contribution in [0.1, 0.15) is 36.1 Å². The Kier molecular flexibility index (Phi) is 3.85. The first-order valence-electron chi connectivity index (χ1n) is 6.54. The third kappa shape index (κ3) is 3.08. The first kappa shape index (κ1) is 12.6. The topological polar surface area (TPSA) is 23.5 Å². The Morgan fingerprint density at radius 1 is 1.41 bits per heavy atom. The van der Waals surface area contributed by atoms with Crippen molar-refractivity contribution >= 4 is 0 Å². The van der Waals surface area contributed by atoms with E-state index in [-0.39, 0.29) is 6.10 Å². The molecule has 1 aromatic carbocycles. The third-order valence-electron chi connectivity index (χ3n) is 3.73. The van der Waals surface area contributed by atoms with E-state index in [4.69, 9.17) is 0 Å². The van der Waals surface area contributed by atoms with E-state index in [2.05, 4.69) is 43.9 Å². The van der Waals surface area contributed by atoms with Crippen molar-refractivity contribution in [3.63, 3.8) is 0 Å². The molecule has 2 rings (SSSR count). The van der Waals surface area contributed by atoms with Gasteiger partial charge in [0.1, 0.15) is 0 Å². The molecule has 94 valence electrons. The fourth-order valence-electron chi connectivity index (χ4n) is 2.65. The molecule has 0 radical (unpaired) electrons. The van der Waals surface area contributed by atoms with Crippen LogP contribution in [0.3, 0.4) is 0 Å². The molecule has 0 aliphatic carbocycles. The molecule has 17 heavy (non-hydrogen) atoms. The molecular weight excluding hydrogens is 210 g/mol. The normalized spacial score (nSPS) is 22.9. The van der Waals surface area contributed by atoms with Gasteiger partial charge in [0, 0.05) is 13.1 Å². The van der Waals surface area contributed by atoms with Crippen LogP contribution < -0.4 is 0 Å². The van der Waals surface area contributed by atoms with Crippen LogP contribution in [0.15, 0.2) is 18.2 Å². The summed E-state index contributed by atoms with van der Waals surface area (Å²) in [5, 5.41) is 10.3. The molecule has 0 saturated carbocycles. The Morgan fingerprint density at radius 3 is 2.82 bits per heavy atom. The highest BCUT2D eigenvalue weighted by atomic mass is 16.3. The van der Waals surface area contributed by atoms with Crippen molar-refractivity contribution in [3.8, 4) is 0 Å². The SMILES string of the molecule is Cc1ccc(C)c(C(O)CN2CCC(C)C2)c1. The van der Waals surface area contributed by atoms with Gasteiger partial charge in [-0.25, -0.2) is 0 Å². The van der Waals surface area contributed by atoms with E-state index in [1.165, 1.54) is 17.5 Å². The highest BCUT2D eigenvalue weighted by Crippen LogP contribution is 2.23. The summed E-state index contributed by atoms with van der Waals surface area (Å²) >= 11 is 0. The summed E-state index contributed by atoms with van der Waals surface area (Å²) in [7, 11) is 0. The molecule has 2 nitrogen and oxygen atoms in total. The maximum atomic E-state index is 10.3. The largest absolute Gasteiger partial charge is 0.387 e. The van der Waals surface area contributed by atoms with E-state index in [1.807, 2.05) is 0 Å². The lowest BCUT2D eigenvalue weighted by molar-refractivity contribution is 0.124. The second kappa shape index (κ2) is 5.19. The summed E-state index contributed by atoms with van der Waals surface area (Å²) < 4.78 is 0. The molecule has 1 N–H and O–H groups in total. The number of aliphatic hydroxyl groups is 1. The number of hydrogen-bond donors (Lipinski definition) is 1. The minimum atomic E-state index is -0.347. The van der Waals surface area contributed by atoms with Gasteiger partial charge in [-0.1, -0.05) is 30.7 Å². The summed E-state index contributed by atoms with van der Waals surface area (Å²) in [4.78, 5) is 2.37. The van der Waals surface area contributed by atoms with Gasteiger partial charge in [0.05, 0.1) is 6.10 Å². The summed E-state index contributed by atoms with van der Waals surface area (Å²) in [6, 6.07) is 6.31. The van der Waals surface area contributed by atoms with Gasteiger partial charge in [-0.15, -0.1) is 0 Å². The second-order valence-corrected chi connectivity index (χ2v) is 5.53. The Balaban J connectivity index is 2.04. The van der Waals surface area contributed by atoms with Crippen molar-refractivity contribution in [2.45, 2.75) is 33.3 Å². The zero-order chi connectivity index (χ0) is 12.4. The fraction of sp³-hybridized carbons (Fsp3) is 0.600. The third-order valence-corrected chi connectivity index (χ3v) is 3.73. The van der Waals surface area contributed by atoms with Crippen molar-refractivity contribution in [3.05, 3.63) is 34.9 Å². The van der Waals surface area contributed by atoms with Crippen molar-refractivity contribution in [2.75, 3.05) is 19.6 Å². The van der Waals surface area contributed by atoms with Gasteiger partial charge in [0.25, 0.3) is 0 Å². The predicted octanol–water partition coefficient (Wildman–Crippen LogP) is 2.68. The number of rotatable bonds is 3. The zero-order valence-electron chi connectivity index (χ0n) is 11.1. The van der Waals surface area contributed by atoms with Crippen molar-refractivity contribution in [2.24, 2.45) is 5.92 Å². The van der Waals surface area contributed by atoms with Crippen LogP contribution in [0.2, 0.25) is 0 Å². The highest BCUT2D eigenvalue weighted by Gasteiger charge is 2.22. The summed E-state index contributed by atoms with van der Waals surface area (Å²) in [6.45, 7) is 9.46. The van der Waals surface area contributed by atoms with Gasteiger partial charge in [-0.05, 0) is 43.9 Å². The monoisotopic (exact) mass is 233 g/mol. The number of aryl methyl sites for hydroxylation is 2. The van der Waals surface area contributed by atoms with Crippen molar-refractivity contribution < 1.29 is 5.11 Å². The molecule has 2 unspecified atom stereocenters. The van der Waals surface area contributed by atoms with Crippen LogP contribution in [-0.2, 0) is 0 Å². The Bertz CT molecular complexity index is 389. The Hall–Kier alpha value is -0.860. The van der Waals surface area contributed by atoms with Gasteiger partial charge in [0.2, 0.25) is 0 Å². The van der Waals surface area contributed by atoms with Crippen LogP contribution in [0.25, 0.3) is 0 Å². The molecule has 1 fully saturated rings. The summed E-state index contributed by atoms with van der Waals surface area (Å²) in [5.41, 5.74) is 3.50. The summed E-state index contributed by atoms with van der Waals surface area (Å²) in [6.07, 6.45) is 0.916. The summed E-state index contributed by atoms with van der Waals surface area (Å²) in [5.74, 6) is 0.779. The van der Waals surface area contributed by atoms with E-state index in [1.54, 1.807) is 0 Å². The van der Waals surface area contributed by atoms with E-state index in [0.717, 1.165) is 31.1 Å². The average Bonchev–Trinajstić information content (AvgIpc) is 2.67. The van der Waals surface area contributed by atoms with Gasteiger partial charge >= 0.3 is 0 Å². The number of hydrogen-bond acceptors (Lipinski definition) is 2. The molecule has 1 aliphatic rings. The molecule has 1 saturated heterocycles. The molecule has 2 atom stereocenters. The Labute approximate surface area is 104 Å². The molecule has 1 aromatic rings. The van der Waals surface area contributed by atoms with E-state index in [9.17, 15) is 5.11 Å². The smallest absolute Gasteiger partial charge is 0.0919 e. The van der Waals surface area contributed by atoms with E-state index >= 15 is 0 Å². The van der Waals surface area contributed by atoms with Crippen LogP contribution in [-0.4, -0.2) is 29.6 Å². The lowest BCUT2D eigenvalue weighted by Crippen LogP contribution is -2.26. The molecule has 1 heterocycles. The van der Waals surface area contributed by atoms with Crippen LogP contribution in [0.5, 0.6) is 0 Å². The van der Waals surface area contributed by atoms with E-state index < -0.39 is 0 Å². The molecule has 0 bridgehead atoms. The quantitative estimate of drug-likeness (QED) is 0.867. The minimum Gasteiger partial charge on any atom is -0.387 e. The number of β-amino-alcohol motifs (C(OH)–C–C–N with tert-alkyl or cyclic N) is 1. The number of benzene rings is 1. The van der Waals surface area contributed by atoms with Gasteiger partial charge in [-0.3, -0.25) is 0 Å². The molecular formula is C15H23NO. The molecule has 1 aliphatic heterocycles. The number of nitrogens with zero attached hydrogens (tertiary/aromatic N) is 1. The molecule has 0 spiro atoms. The zero-order valence-corrected chi connectivity index (χ0v) is 11.1. The minimum absolute atomic E-state index is 0.347. The second-order valence-electron chi connectivity index (χ2n) is 5.53.